The highest BCUT2D eigenvalue weighted by Gasteiger charge is 2.23. The quantitative estimate of drug-likeness (QED) is 0.172. The Balaban J connectivity index is 4.22. The monoisotopic (exact) mass is 440 g/mol. The van der Waals surface area contributed by atoms with Crippen LogP contribution in [0.15, 0.2) is 12.2 Å². The van der Waals surface area contributed by atoms with Gasteiger partial charge >= 0.3 is 0 Å². The highest BCUT2D eigenvalue weighted by Crippen LogP contribution is 2.14. The Bertz CT molecular complexity index is 460. The molecule has 0 fully saturated rings. The first-order chi connectivity index (χ1) is 15.1. The van der Waals surface area contributed by atoms with Gasteiger partial charge in [0.15, 0.2) is 0 Å². The average Bonchev–Trinajstić information content (AvgIpc) is 2.75. The van der Waals surface area contributed by atoms with Gasteiger partial charge in [0.05, 0.1) is 5.92 Å². The third kappa shape index (κ3) is 17.9. The summed E-state index contributed by atoms with van der Waals surface area (Å²) >= 11 is 0. The van der Waals surface area contributed by atoms with Crippen LogP contribution in [0.5, 0.6) is 0 Å². The molecule has 0 rings (SSSR count). The fraction of sp³-hybridized carbons (Fsp3) is 0.840. The number of nitrogens with two attached hydrogens (primary N) is 1. The molecule has 0 aliphatic carbocycles. The summed E-state index contributed by atoms with van der Waals surface area (Å²) in [4.78, 5) is 25.9. The molecule has 0 aromatic rings. The first-order valence-corrected chi connectivity index (χ1v) is 12.5. The topological polar surface area (TPSA) is 104 Å². The first kappa shape index (κ1) is 29.6. The number of amides is 2. The van der Waals surface area contributed by atoms with Gasteiger partial charge in [0.1, 0.15) is 0 Å². The van der Waals surface area contributed by atoms with Crippen molar-refractivity contribution in [3.63, 3.8) is 0 Å². The Morgan fingerprint density at radius 1 is 0.806 bits per heavy atom. The Morgan fingerprint density at radius 3 is 1.74 bits per heavy atom. The van der Waals surface area contributed by atoms with Gasteiger partial charge in [0.25, 0.3) is 0 Å². The Labute approximate surface area is 190 Å². The minimum absolute atomic E-state index is 0.00190. The van der Waals surface area contributed by atoms with Crippen LogP contribution in [0.1, 0.15) is 103 Å². The largest absolute Gasteiger partial charge is 0.396 e. The van der Waals surface area contributed by atoms with Crippen LogP contribution in [-0.2, 0) is 9.59 Å². The zero-order chi connectivity index (χ0) is 23.2. The summed E-state index contributed by atoms with van der Waals surface area (Å²) in [6.07, 6.45) is 19.9. The van der Waals surface area contributed by atoms with E-state index in [1.165, 1.54) is 64.2 Å². The molecule has 0 aliphatic heterocycles. The molecule has 2 amide bonds. The average molecular weight is 441 g/mol. The standard InChI is InChI=1S/C25H48N2O4/c1-2-3-4-5-6-7-8-9-10-11-12-13-14-17-23(22-24(26)30)25(31)27(18-15-20-28)19-16-21-29/h14,17,23,28-29H,2-13,15-16,18-22H2,1H3,(H2,26,30). The number of primary amides is 1. The van der Waals surface area contributed by atoms with Gasteiger partial charge in [-0.25, -0.2) is 0 Å². The van der Waals surface area contributed by atoms with Crippen LogP contribution >= 0.6 is 0 Å². The molecule has 4 N–H and O–H groups in total. The predicted molar refractivity (Wildman–Crippen MR) is 128 cm³/mol. The van der Waals surface area contributed by atoms with Gasteiger partial charge in [-0.2, -0.15) is 0 Å². The molecule has 0 spiro atoms. The Kier molecular flexibility index (Phi) is 20.8. The fourth-order valence-corrected chi connectivity index (χ4v) is 3.73. The summed E-state index contributed by atoms with van der Waals surface area (Å²) in [6, 6.07) is 0. The number of carbonyl (C=O) groups is 2. The van der Waals surface area contributed by atoms with E-state index >= 15 is 0 Å². The molecule has 0 aromatic carbocycles. The molecule has 1 atom stereocenters. The van der Waals surface area contributed by atoms with E-state index in [2.05, 4.69) is 6.92 Å². The minimum atomic E-state index is -0.567. The van der Waals surface area contributed by atoms with Gasteiger partial charge in [-0.3, -0.25) is 9.59 Å². The first-order valence-electron chi connectivity index (χ1n) is 12.5. The van der Waals surface area contributed by atoms with E-state index < -0.39 is 11.8 Å². The molecule has 31 heavy (non-hydrogen) atoms. The number of aliphatic hydroxyl groups excluding tert-OH is 2. The van der Waals surface area contributed by atoms with Crippen LogP contribution in [0, 0.1) is 5.92 Å². The maximum absolute atomic E-state index is 12.8. The second-order valence-corrected chi connectivity index (χ2v) is 8.51. The molecule has 0 aromatic heterocycles. The third-order valence-electron chi connectivity index (χ3n) is 5.56. The lowest BCUT2D eigenvalue weighted by Gasteiger charge is -2.25. The van der Waals surface area contributed by atoms with Gasteiger partial charge in [-0.1, -0.05) is 83.3 Å². The maximum atomic E-state index is 12.8. The summed E-state index contributed by atoms with van der Waals surface area (Å²) in [7, 11) is 0. The second-order valence-electron chi connectivity index (χ2n) is 8.51. The van der Waals surface area contributed by atoms with E-state index in [-0.39, 0.29) is 25.5 Å². The van der Waals surface area contributed by atoms with Crippen molar-refractivity contribution >= 4 is 11.8 Å². The van der Waals surface area contributed by atoms with Crippen molar-refractivity contribution in [2.45, 2.75) is 103 Å². The second kappa shape index (κ2) is 21.8. The number of hydrogen-bond donors (Lipinski definition) is 3. The van der Waals surface area contributed by atoms with E-state index in [0.29, 0.717) is 25.9 Å². The number of aliphatic hydroxyl groups is 2. The molecular formula is C25H48N2O4. The van der Waals surface area contributed by atoms with Crippen molar-refractivity contribution in [3.8, 4) is 0 Å². The maximum Gasteiger partial charge on any atom is 0.230 e. The lowest BCUT2D eigenvalue weighted by molar-refractivity contribution is -0.136. The molecule has 1 unspecified atom stereocenters. The molecule has 0 heterocycles. The van der Waals surface area contributed by atoms with Crippen molar-refractivity contribution in [1.29, 1.82) is 0 Å². The SMILES string of the molecule is CCCCCCCCCCCCCC=CC(CC(N)=O)C(=O)N(CCCO)CCCO. The predicted octanol–water partition coefficient (Wildman–Crippen LogP) is 4.33. The minimum Gasteiger partial charge on any atom is -0.396 e. The highest BCUT2D eigenvalue weighted by atomic mass is 16.3. The van der Waals surface area contributed by atoms with E-state index in [4.69, 9.17) is 15.9 Å². The number of rotatable bonds is 22. The van der Waals surface area contributed by atoms with E-state index in [1.54, 1.807) is 4.90 Å². The lowest BCUT2D eigenvalue weighted by Crippen LogP contribution is -2.39. The summed E-state index contributed by atoms with van der Waals surface area (Å²) in [6.45, 7) is 3.07. The molecule has 0 saturated carbocycles. The number of hydrogen-bond acceptors (Lipinski definition) is 4. The van der Waals surface area contributed by atoms with Gasteiger partial charge in [-0.15, -0.1) is 0 Å². The zero-order valence-electron chi connectivity index (χ0n) is 19.9. The summed E-state index contributed by atoms with van der Waals surface area (Å²) in [5.41, 5.74) is 5.35. The van der Waals surface area contributed by atoms with Crippen LogP contribution in [0.25, 0.3) is 0 Å². The van der Waals surface area contributed by atoms with Crippen LogP contribution in [-0.4, -0.2) is 53.2 Å². The highest BCUT2D eigenvalue weighted by molar-refractivity contribution is 5.86. The van der Waals surface area contributed by atoms with Crippen molar-refractivity contribution in [3.05, 3.63) is 12.2 Å². The van der Waals surface area contributed by atoms with Crippen molar-refractivity contribution < 1.29 is 19.8 Å². The van der Waals surface area contributed by atoms with Crippen LogP contribution in [0.2, 0.25) is 0 Å². The van der Waals surface area contributed by atoms with Crippen LogP contribution < -0.4 is 5.73 Å². The van der Waals surface area contributed by atoms with E-state index in [0.717, 1.165) is 12.8 Å². The molecule has 182 valence electrons. The number of nitrogens with zero attached hydrogens (tertiary/aromatic N) is 1. The zero-order valence-corrected chi connectivity index (χ0v) is 19.9. The Hall–Kier alpha value is -1.40. The number of unbranched alkanes of at least 4 members (excludes halogenated alkanes) is 11. The molecular weight excluding hydrogens is 392 g/mol. The number of carbonyl (C=O) groups excluding carboxylic acids is 2. The normalized spacial score (nSPS) is 12.4. The summed E-state index contributed by atoms with van der Waals surface area (Å²) in [5, 5.41) is 18.1. The molecule has 0 radical (unpaired) electrons. The number of allylic oxidation sites excluding steroid dienone is 1. The van der Waals surface area contributed by atoms with Crippen molar-refractivity contribution in [2.75, 3.05) is 26.3 Å². The van der Waals surface area contributed by atoms with E-state index in [1.807, 2.05) is 12.2 Å². The van der Waals surface area contributed by atoms with Gasteiger partial charge in [0.2, 0.25) is 11.8 Å². The summed E-state index contributed by atoms with van der Waals surface area (Å²) in [5.74, 6) is -1.22. The fourth-order valence-electron chi connectivity index (χ4n) is 3.73. The summed E-state index contributed by atoms with van der Waals surface area (Å²) < 4.78 is 0. The molecule has 6 heteroatoms. The van der Waals surface area contributed by atoms with Crippen LogP contribution in [0.4, 0.5) is 0 Å². The van der Waals surface area contributed by atoms with Gasteiger partial charge in [-0.05, 0) is 25.7 Å². The molecule has 0 bridgehead atoms. The molecule has 0 aliphatic rings. The van der Waals surface area contributed by atoms with E-state index in [9.17, 15) is 9.59 Å². The van der Waals surface area contributed by atoms with Crippen molar-refractivity contribution in [1.82, 2.24) is 4.90 Å². The lowest BCUT2D eigenvalue weighted by atomic mass is 10.0. The molecule has 6 nitrogen and oxygen atoms in total. The molecule has 0 saturated heterocycles. The van der Waals surface area contributed by atoms with Crippen LogP contribution in [0.3, 0.4) is 0 Å². The van der Waals surface area contributed by atoms with Gasteiger partial charge < -0.3 is 20.8 Å². The Morgan fingerprint density at radius 2 is 1.29 bits per heavy atom. The smallest absolute Gasteiger partial charge is 0.230 e. The third-order valence-corrected chi connectivity index (χ3v) is 5.56. The van der Waals surface area contributed by atoms with Gasteiger partial charge in [0, 0.05) is 32.7 Å². The van der Waals surface area contributed by atoms with Crippen molar-refractivity contribution in [2.24, 2.45) is 11.7 Å².